The molecular formula is C12H12N2O. The highest BCUT2D eigenvalue weighted by Crippen LogP contribution is 2.15. The third-order valence-corrected chi connectivity index (χ3v) is 2.28. The van der Waals surface area contributed by atoms with Crippen molar-refractivity contribution in [2.75, 3.05) is 0 Å². The van der Waals surface area contributed by atoms with E-state index >= 15 is 0 Å². The monoisotopic (exact) mass is 200 g/mol. The molecular weight excluding hydrogens is 188 g/mol. The summed E-state index contributed by atoms with van der Waals surface area (Å²) in [6.07, 6.45) is 4.67. The van der Waals surface area contributed by atoms with Crippen molar-refractivity contribution >= 4 is 16.8 Å². The number of benzene rings is 1. The van der Waals surface area contributed by atoms with E-state index < -0.39 is 0 Å². The Balaban J connectivity index is 2.56. The molecule has 0 saturated heterocycles. The van der Waals surface area contributed by atoms with Crippen LogP contribution in [0.25, 0.3) is 11.0 Å². The smallest absolute Gasteiger partial charge is 0.165 e. The van der Waals surface area contributed by atoms with Crippen molar-refractivity contribution in [1.82, 2.24) is 9.97 Å². The first-order chi connectivity index (χ1) is 7.33. The maximum atomic E-state index is 11.8. The van der Waals surface area contributed by atoms with Gasteiger partial charge in [-0.15, -0.1) is 0 Å². The van der Waals surface area contributed by atoms with Gasteiger partial charge < -0.3 is 0 Å². The summed E-state index contributed by atoms with van der Waals surface area (Å²) in [5, 5.41) is 0. The second-order valence-electron chi connectivity index (χ2n) is 3.40. The summed E-state index contributed by atoms with van der Waals surface area (Å²) in [6, 6.07) is 5.53. The molecule has 1 aromatic heterocycles. The molecule has 3 nitrogen and oxygen atoms in total. The topological polar surface area (TPSA) is 42.9 Å². The van der Waals surface area contributed by atoms with Crippen LogP contribution in [-0.2, 0) is 0 Å². The number of hydrogen-bond donors (Lipinski definition) is 0. The van der Waals surface area contributed by atoms with E-state index in [0.29, 0.717) is 17.5 Å². The van der Waals surface area contributed by atoms with Crippen molar-refractivity contribution in [2.45, 2.75) is 19.8 Å². The third kappa shape index (κ3) is 1.86. The molecule has 0 spiro atoms. The second kappa shape index (κ2) is 4.17. The first-order valence-electron chi connectivity index (χ1n) is 5.06. The molecule has 1 aromatic carbocycles. The lowest BCUT2D eigenvalue weighted by Gasteiger charge is -2.02. The Morgan fingerprint density at radius 3 is 2.87 bits per heavy atom. The average molecular weight is 200 g/mol. The fraction of sp³-hybridized carbons (Fsp3) is 0.250. The van der Waals surface area contributed by atoms with Gasteiger partial charge in [0.25, 0.3) is 0 Å². The zero-order valence-corrected chi connectivity index (χ0v) is 8.60. The van der Waals surface area contributed by atoms with Crippen LogP contribution in [0.1, 0.15) is 30.1 Å². The molecule has 0 aliphatic heterocycles. The molecule has 76 valence electrons. The SMILES string of the molecule is CCCC(=O)c1cccc2nccnc12. The first kappa shape index (κ1) is 9.77. The molecule has 0 radical (unpaired) electrons. The highest BCUT2D eigenvalue weighted by atomic mass is 16.1. The van der Waals surface area contributed by atoms with Crippen LogP contribution >= 0.6 is 0 Å². The van der Waals surface area contributed by atoms with E-state index in [0.717, 1.165) is 11.9 Å². The van der Waals surface area contributed by atoms with E-state index in [9.17, 15) is 4.79 Å². The largest absolute Gasteiger partial charge is 0.294 e. The minimum Gasteiger partial charge on any atom is -0.294 e. The number of carbonyl (C=O) groups excluding carboxylic acids is 1. The molecule has 3 heteroatoms. The quantitative estimate of drug-likeness (QED) is 0.715. The van der Waals surface area contributed by atoms with E-state index in [1.165, 1.54) is 0 Å². The number of carbonyl (C=O) groups is 1. The van der Waals surface area contributed by atoms with Gasteiger partial charge in [0.2, 0.25) is 0 Å². The molecule has 0 N–H and O–H groups in total. The Labute approximate surface area is 88.2 Å². The summed E-state index contributed by atoms with van der Waals surface area (Å²) in [6.45, 7) is 1.99. The maximum absolute atomic E-state index is 11.8. The zero-order chi connectivity index (χ0) is 10.7. The Bertz CT molecular complexity index is 488. The van der Waals surface area contributed by atoms with Gasteiger partial charge in [0.1, 0.15) is 0 Å². The van der Waals surface area contributed by atoms with Crippen LogP contribution in [0, 0.1) is 0 Å². The molecule has 0 atom stereocenters. The van der Waals surface area contributed by atoms with E-state index in [2.05, 4.69) is 9.97 Å². The lowest BCUT2D eigenvalue weighted by molar-refractivity contribution is 0.0983. The van der Waals surface area contributed by atoms with E-state index in [-0.39, 0.29) is 5.78 Å². The van der Waals surface area contributed by atoms with Gasteiger partial charge in [0.05, 0.1) is 11.0 Å². The van der Waals surface area contributed by atoms with E-state index in [4.69, 9.17) is 0 Å². The molecule has 0 fully saturated rings. The minimum absolute atomic E-state index is 0.142. The van der Waals surface area contributed by atoms with Crippen molar-refractivity contribution in [2.24, 2.45) is 0 Å². The molecule has 0 saturated carbocycles. The van der Waals surface area contributed by atoms with Crippen molar-refractivity contribution in [1.29, 1.82) is 0 Å². The number of ketones is 1. The van der Waals surface area contributed by atoms with Crippen molar-refractivity contribution < 1.29 is 4.79 Å². The Morgan fingerprint density at radius 1 is 1.27 bits per heavy atom. The van der Waals surface area contributed by atoms with Crippen molar-refractivity contribution in [3.8, 4) is 0 Å². The summed E-state index contributed by atoms with van der Waals surface area (Å²) < 4.78 is 0. The lowest BCUT2D eigenvalue weighted by Crippen LogP contribution is -2.00. The van der Waals surface area contributed by atoms with Crippen LogP contribution < -0.4 is 0 Å². The Hall–Kier alpha value is -1.77. The number of Topliss-reactive ketones (excluding diaryl/α,β-unsaturated/α-hetero) is 1. The van der Waals surface area contributed by atoms with Crippen LogP contribution in [0.15, 0.2) is 30.6 Å². The normalized spacial score (nSPS) is 10.5. The van der Waals surface area contributed by atoms with Crippen LogP contribution in [0.4, 0.5) is 0 Å². The molecule has 0 bridgehead atoms. The van der Waals surface area contributed by atoms with Gasteiger partial charge in [0.15, 0.2) is 5.78 Å². The summed E-state index contributed by atoms with van der Waals surface area (Å²) in [5.74, 6) is 0.142. The summed E-state index contributed by atoms with van der Waals surface area (Å²) in [7, 11) is 0. The van der Waals surface area contributed by atoms with Crippen molar-refractivity contribution in [3.05, 3.63) is 36.2 Å². The fourth-order valence-corrected chi connectivity index (χ4v) is 1.58. The zero-order valence-electron chi connectivity index (χ0n) is 8.60. The van der Waals surface area contributed by atoms with Gasteiger partial charge in [-0.2, -0.15) is 0 Å². The summed E-state index contributed by atoms with van der Waals surface area (Å²) in [5.41, 5.74) is 2.17. The predicted octanol–water partition coefficient (Wildman–Crippen LogP) is 2.61. The number of para-hydroxylation sites is 1. The summed E-state index contributed by atoms with van der Waals surface area (Å²) >= 11 is 0. The molecule has 1 heterocycles. The van der Waals surface area contributed by atoms with Gasteiger partial charge in [0, 0.05) is 24.4 Å². The van der Waals surface area contributed by atoms with Gasteiger partial charge in [-0.3, -0.25) is 14.8 Å². The van der Waals surface area contributed by atoms with Gasteiger partial charge in [-0.05, 0) is 18.6 Å². The van der Waals surface area contributed by atoms with Gasteiger partial charge in [-0.1, -0.05) is 13.0 Å². The molecule has 0 amide bonds. The number of aromatic nitrogens is 2. The molecule has 0 aliphatic carbocycles. The van der Waals surface area contributed by atoms with Crippen LogP contribution in [-0.4, -0.2) is 15.8 Å². The number of nitrogens with zero attached hydrogens (tertiary/aromatic N) is 2. The number of hydrogen-bond acceptors (Lipinski definition) is 3. The molecule has 2 aromatic rings. The second-order valence-corrected chi connectivity index (χ2v) is 3.40. The van der Waals surface area contributed by atoms with Gasteiger partial charge in [-0.25, -0.2) is 0 Å². The van der Waals surface area contributed by atoms with Crippen molar-refractivity contribution in [3.63, 3.8) is 0 Å². The molecule has 0 unspecified atom stereocenters. The molecule has 2 rings (SSSR count). The Kier molecular flexibility index (Phi) is 2.72. The van der Waals surface area contributed by atoms with Gasteiger partial charge >= 0.3 is 0 Å². The third-order valence-electron chi connectivity index (χ3n) is 2.28. The number of rotatable bonds is 3. The lowest BCUT2D eigenvalue weighted by atomic mass is 10.1. The standard InChI is InChI=1S/C12H12N2O/c1-2-4-11(15)9-5-3-6-10-12(9)14-8-7-13-10/h3,5-8H,2,4H2,1H3. The average Bonchev–Trinajstić information content (AvgIpc) is 2.28. The minimum atomic E-state index is 0.142. The highest BCUT2D eigenvalue weighted by molar-refractivity contribution is 6.05. The van der Waals surface area contributed by atoms with E-state index in [1.807, 2.05) is 25.1 Å². The summed E-state index contributed by atoms with van der Waals surface area (Å²) in [4.78, 5) is 20.2. The van der Waals surface area contributed by atoms with Crippen LogP contribution in [0.5, 0.6) is 0 Å². The number of fused-ring (bicyclic) bond motifs is 1. The molecule has 0 aliphatic rings. The fourth-order valence-electron chi connectivity index (χ4n) is 1.58. The Morgan fingerprint density at radius 2 is 2.07 bits per heavy atom. The predicted molar refractivity (Wildman–Crippen MR) is 58.8 cm³/mol. The van der Waals surface area contributed by atoms with E-state index in [1.54, 1.807) is 12.4 Å². The van der Waals surface area contributed by atoms with Crippen LogP contribution in [0.3, 0.4) is 0 Å². The highest BCUT2D eigenvalue weighted by Gasteiger charge is 2.09. The first-order valence-corrected chi connectivity index (χ1v) is 5.06. The molecule has 15 heavy (non-hydrogen) atoms. The van der Waals surface area contributed by atoms with Crippen LogP contribution in [0.2, 0.25) is 0 Å². The maximum Gasteiger partial charge on any atom is 0.165 e.